The van der Waals surface area contributed by atoms with E-state index in [0.717, 1.165) is 18.2 Å². The van der Waals surface area contributed by atoms with E-state index in [2.05, 4.69) is 15.0 Å². The highest BCUT2D eigenvalue weighted by atomic mass is 19.2. The summed E-state index contributed by atoms with van der Waals surface area (Å²) in [5.74, 6) is -28.7. The molecule has 1 saturated carbocycles. The summed E-state index contributed by atoms with van der Waals surface area (Å²) in [5, 5.41) is 28.9. The standard InChI is InChI=1S/C24F12N6/c25-13-10(14(26)20(32)40-19(13)31)4(1-37)7-8(5(2-38)11-15(27)21(33)41-22(34)16(11)28)9(7)6(3-39)12-17(29)23(35)42-24(36)18(12)30. The summed E-state index contributed by atoms with van der Waals surface area (Å²) in [4.78, 5) is 6.68. The summed E-state index contributed by atoms with van der Waals surface area (Å²) >= 11 is 0. The molecule has 1 aliphatic carbocycles. The number of hydrogen-bond donors (Lipinski definition) is 0. The van der Waals surface area contributed by atoms with Crippen LogP contribution in [-0.2, 0) is 0 Å². The molecule has 0 unspecified atom stereocenters. The van der Waals surface area contributed by atoms with Crippen LogP contribution in [0, 0.1) is 105 Å². The number of nitrogens with zero attached hydrogens (tertiary/aromatic N) is 6. The molecule has 0 bridgehead atoms. The summed E-state index contributed by atoms with van der Waals surface area (Å²) in [6.45, 7) is 0. The van der Waals surface area contributed by atoms with E-state index in [1.54, 1.807) is 0 Å². The zero-order valence-electron chi connectivity index (χ0n) is 19.2. The Balaban J connectivity index is 2.32. The van der Waals surface area contributed by atoms with Crippen LogP contribution in [0.25, 0.3) is 16.7 Å². The van der Waals surface area contributed by atoms with Gasteiger partial charge in [0.15, 0.2) is 34.9 Å². The molecule has 0 radical (unpaired) electrons. The van der Waals surface area contributed by atoms with Crippen molar-refractivity contribution in [2.45, 2.75) is 0 Å². The topological polar surface area (TPSA) is 110 Å². The average Bonchev–Trinajstić information content (AvgIpc) is 3.66. The zero-order valence-corrected chi connectivity index (χ0v) is 19.2. The van der Waals surface area contributed by atoms with Gasteiger partial charge >= 0.3 is 0 Å². The van der Waals surface area contributed by atoms with E-state index < -0.39 is 121 Å². The molecular formula is C24F12N6. The lowest BCUT2D eigenvalue weighted by Crippen LogP contribution is -2.06. The second kappa shape index (κ2) is 10.4. The number of nitriles is 3. The fourth-order valence-electron chi connectivity index (χ4n) is 3.77. The molecule has 0 spiro atoms. The van der Waals surface area contributed by atoms with Gasteiger partial charge in [-0.05, 0) is 0 Å². The molecule has 3 aromatic rings. The lowest BCUT2D eigenvalue weighted by atomic mass is 10.0. The second-order valence-electron chi connectivity index (χ2n) is 7.67. The lowest BCUT2D eigenvalue weighted by molar-refractivity contribution is 0.404. The van der Waals surface area contributed by atoms with Crippen LogP contribution in [0.5, 0.6) is 0 Å². The van der Waals surface area contributed by atoms with E-state index in [4.69, 9.17) is 0 Å². The highest BCUT2D eigenvalue weighted by Gasteiger charge is 2.45. The van der Waals surface area contributed by atoms with E-state index in [1.165, 1.54) is 0 Å². The van der Waals surface area contributed by atoms with Crippen molar-refractivity contribution >= 4 is 16.7 Å². The van der Waals surface area contributed by atoms with Crippen molar-refractivity contribution in [1.82, 2.24) is 15.0 Å². The molecular weight excluding hydrogens is 600 g/mol. The maximum atomic E-state index is 14.6. The molecule has 18 heteroatoms. The molecule has 0 saturated heterocycles. The third-order valence-corrected chi connectivity index (χ3v) is 5.52. The highest BCUT2D eigenvalue weighted by molar-refractivity contribution is 6.12. The Labute approximate surface area is 223 Å². The average molecular weight is 600 g/mol. The van der Waals surface area contributed by atoms with Gasteiger partial charge in [-0.15, -0.1) is 0 Å². The fraction of sp³-hybridized carbons (Fsp3) is 0. The second-order valence-corrected chi connectivity index (χ2v) is 7.67. The van der Waals surface area contributed by atoms with Gasteiger partial charge in [0.2, 0.25) is 0 Å². The minimum atomic E-state index is -2.41. The van der Waals surface area contributed by atoms with Gasteiger partial charge in [-0.2, -0.15) is 57.1 Å². The first-order chi connectivity index (χ1) is 19.7. The smallest absolute Gasteiger partial charge is 0.201 e. The Kier molecular flexibility index (Phi) is 7.23. The summed E-state index contributed by atoms with van der Waals surface area (Å²) < 4.78 is 170. The Morgan fingerprint density at radius 2 is 0.524 bits per heavy atom. The van der Waals surface area contributed by atoms with Crippen molar-refractivity contribution < 1.29 is 52.7 Å². The normalized spacial score (nSPS) is 12.1. The van der Waals surface area contributed by atoms with Crippen LogP contribution in [0.15, 0.2) is 16.7 Å². The maximum absolute atomic E-state index is 14.6. The summed E-state index contributed by atoms with van der Waals surface area (Å²) in [7, 11) is 0. The van der Waals surface area contributed by atoms with E-state index in [9.17, 15) is 68.5 Å². The molecule has 42 heavy (non-hydrogen) atoms. The van der Waals surface area contributed by atoms with Gasteiger partial charge < -0.3 is 0 Å². The van der Waals surface area contributed by atoms with E-state index >= 15 is 0 Å². The van der Waals surface area contributed by atoms with Gasteiger partial charge in [-0.1, -0.05) is 0 Å². The largest absolute Gasteiger partial charge is 0.252 e. The van der Waals surface area contributed by atoms with Gasteiger partial charge in [0.1, 0.15) is 18.2 Å². The molecule has 210 valence electrons. The van der Waals surface area contributed by atoms with Crippen LogP contribution in [0.1, 0.15) is 16.7 Å². The predicted molar refractivity (Wildman–Crippen MR) is 110 cm³/mol. The molecule has 1 fully saturated rings. The van der Waals surface area contributed by atoms with Crippen molar-refractivity contribution in [2.75, 3.05) is 0 Å². The first kappa shape index (κ1) is 29.3. The Bertz CT molecular complexity index is 1680. The van der Waals surface area contributed by atoms with Crippen molar-refractivity contribution in [1.29, 1.82) is 15.8 Å². The highest BCUT2D eigenvalue weighted by Crippen LogP contribution is 2.57. The lowest BCUT2D eigenvalue weighted by Gasteiger charge is -2.05. The quantitative estimate of drug-likeness (QED) is 0.214. The van der Waals surface area contributed by atoms with Crippen LogP contribution in [-0.4, -0.2) is 15.0 Å². The van der Waals surface area contributed by atoms with Crippen LogP contribution in [0.2, 0.25) is 0 Å². The van der Waals surface area contributed by atoms with E-state index in [-0.39, 0.29) is 0 Å². The molecule has 3 aromatic heterocycles. The number of aromatic nitrogens is 3. The molecule has 6 nitrogen and oxygen atoms in total. The first-order valence-electron chi connectivity index (χ1n) is 10.3. The van der Waals surface area contributed by atoms with Gasteiger partial charge in [-0.3, -0.25) is 0 Å². The van der Waals surface area contributed by atoms with Crippen molar-refractivity contribution in [3.05, 3.63) is 104 Å². The van der Waals surface area contributed by atoms with E-state index in [0.29, 0.717) is 0 Å². The molecule has 0 amide bonds. The van der Waals surface area contributed by atoms with Gasteiger partial charge in [0.25, 0.3) is 35.7 Å². The Morgan fingerprint density at radius 3 is 0.667 bits per heavy atom. The Hall–Kier alpha value is -5.70. The Morgan fingerprint density at radius 1 is 0.357 bits per heavy atom. The number of pyridine rings is 3. The zero-order chi connectivity index (χ0) is 31.4. The molecule has 3 heterocycles. The van der Waals surface area contributed by atoms with E-state index in [1.807, 2.05) is 0 Å². The van der Waals surface area contributed by atoms with Crippen LogP contribution < -0.4 is 0 Å². The maximum Gasteiger partial charge on any atom is 0.252 e. The van der Waals surface area contributed by atoms with Crippen molar-refractivity contribution in [3.8, 4) is 18.2 Å². The number of allylic oxidation sites excluding steroid dienone is 6. The molecule has 0 N–H and O–H groups in total. The number of rotatable bonds is 3. The monoisotopic (exact) mass is 600 g/mol. The molecule has 4 rings (SSSR count). The van der Waals surface area contributed by atoms with Crippen molar-refractivity contribution in [2.24, 2.45) is 0 Å². The fourth-order valence-corrected chi connectivity index (χ4v) is 3.77. The predicted octanol–water partition coefficient (Wildman–Crippen LogP) is 5.79. The minimum absolute atomic E-state index is 0.997. The van der Waals surface area contributed by atoms with Crippen molar-refractivity contribution in [3.63, 3.8) is 0 Å². The van der Waals surface area contributed by atoms with Gasteiger partial charge in [0, 0.05) is 16.7 Å². The molecule has 0 aromatic carbocycles. The molecule has 0 aliphatic heterocycles. The van der Waals surface area contributed by atoms with Crippen LogP contribution in [0.3, 0.4) is 0 Å². The minimum Gasteiger partial charge on any atom is -0.201 e. The van der Waals surface area contributed by atoms with Crippen LogP contribution >= 0.6 is 0 Å². The molecule has 0 atom stereocenters. The molecule has 1 aliphatic rings. The number of hydrogen-bond acceptors (Lipinski definition) is 6. The third kappa shape index (κ3) is 4.28. The summed E-state index contributed by atoms with van der Waals surface area (Å²) in [5.41, 5.74) is -14.7. The van der Waals surface area contributed by atoms with Gasteiger partial charge in [-0.25, -0.2) is 26.3 Å². The van der Waals surface area contributed by atoms with Crippen LogP contribution in [0.4, 0.5) is 52.7 Å². The number of halogens is 12. The van der Waals surface area contributed by atoms with Gasteiger partial charge in [0.05, 0.1) is 33.4 Å². The summed E-state index contributed by atoms with van der Waals surface area (Å²) in [6, 6.07) is 2.99. The first-order valence-corrected chi connectivity index (χ1v) is 10.3. The third-order valence-electron chi connectivity index (χ3n) is 5.52. The summed E-state index contributed by atoms with van der Waals surface area (Å²) in [6.07, 6.45) is 0. The SMILES string of the molecule is N#CC(=C1C(=C(C#N)c2c(F)c(F)nc(F)c2F)C1=C(C#N)c1c(F)c(F)nc(F)c1F)c1c(F)c(F)nc(F)c1F.